The van der Waals surface area contributed by atoms with E-state index in [-0.39, 0.29) is 51.2 Å². The van der Waals surface area contributed by atoms with E-state index >= 15 is 0 Å². The van der Waals surface area contributed by atoms with Crippen LogP contribution >= 0.6 is 0 Å². The minimum atomic E-state index is -2.89. The molecule has 0 aliphatic heterocycles. The summed E-state index contributed by atoms with van der Waals surface area (Å²) in [5.74, 6) is 0. The topological polar surface area (TPSA) is 47.9 Å². The van der Waals surface area contributed by atoms with Crippen LogP contribution in [0.3, 0.4) is 0 Å². The van der Waals surface area contributed by atoms with Gasteiger partial charge in [0.05, 0.1) is 25.9 Å². The van der Waals surface area contributed by atoms with Crippen LogP contribution in [-0.2, 0) is 13.6 Å². The highest BCUT2D eigenvalue weighted by Gasteiger charge is 2.42. The van der Waals surface area contributed by atoms with E-state index in [4.69, 9.17) is 13.6 Å². The average Bonchev–Trinajstić information content (AvgIpc) is 2.59. The van der Waals surface area contributed by atoms with Crippen molar-refractivity contribution in [3.63, 3.8) is 0 Å². The minimum Gasteiger partial charge on any atom is -0.391 e. The zero-order valence-corrected chi connectivity index (χ0v) is 14.6. The molecule has 0 heterocycles. The van der Waals surface area contributed by atoms with Crippen molar-refractivity contribution in [1.29, 1.82) is 0 Å². The Morgan fingerprint density at radius 3 is 1.48 bits per heavy atom. The first-order valence-corrected chi connectivity index (χ1v) is 9.56. The summed E-state index contributed by atoms with van der Waals surface area (Å²) in [6, 6.07) is 19.9. The minimum absolute atomic E-state index is 0. The van der Waals surface area contributed by atoms with Crippen LogP contribution in [0.5, 0.6) is 0 Å². The van der Waals surface area contributed by atoms with Crippen LogP contribution in [0.1, 0.15) is 51.5 Å². The molecule has 0 fully saturated rings. The van der Waals surface area contributed by atoms with Crippen molar-refractivity contribution in [2.45, 2.75) is 57.6 Å². The SMILES string of the molecule is C.C.C.C.C.C.COCCO[Si](OCC(C)O)(c1ccccc1)c1ccccc1. The third-order valence-corrected chi connectivity index (χ3v) is 6.80. The lowest BCUT2D eigenvalue weighted by molar-refractivity contribution is 0.0817. The van der Waals surface area contributed by atoms with E-state index in [1.165, 1.54) is 0 Å². The maximum absolute atomic E-state index is 9.70. The molecule has 0 amide bonds. The Kier molecular flexibility index (Phi) is 26.0. The van der Waals surface area contributed by atoms with Gasteiger partial charge < -0.3 is 18.7 Å². The number of aliphatic hydroxyl groups excluding tert-OH is 1. The van der Waals surface area contributed by atoms with E-state index in [9.17, 15) is 5.11 Å². The molecule has 5 heteroatoms. The van der Waals surface area contributed by atoms with E-state index < -0.39 is 14.7 Å². The van der Waals surface area contributed by atoms with Crippen LogP contribution in [0, 0.1) is 0 Å². The first kappa shape index (κ1) is 38.1. The molecular weight excluding hydrogens is 380 g/mol. The van der Waals surface area contributed by atoms with Crippen LogP contribution in [0.25, 0.3) is 0 Å². The molecular formula is C24H48O4Si. The van der Waals surface area contributed by atoms with Crippen molar-refractivity contribution in [2.75, 3.05) is 26.9 Å². The maximum atomic E-state index is 9.70. The summed E-state index contributed by atoms with van der Waals surface area (Å²) in [4.78, 5) is 0. The molecule has 0 bridgehead atoms. The molecule has 0 radical (unpaired) electrons. The van der Waals surface area contributed by atoms with Crippen LogP contribution in [0.4, 0.5) is 0 Å². The predicted octanol–water partition coefficient (Wildman–Crippen LogP) is 5.12. The summed E-state index contributed by atoms with van der Waals surface area (Å²) in [5, 5.41) is 11.7. The Balaban J connectivity index is -0.000000320. The Morgan fingerprint density at radius 1 is 0.724 bits per heavy atom. The highest BCUT2D eigenvalue weighted by Crippen LogP contribution is 2.11. The van der Waals surface area contributed by atoms with Crippen molar-refractivity contribution in [1.82, 2.24) is 0 Å². The van der Waals surface area contributed by atoms with Crippen LogP contribution in [-0.4, -0.2) is 46.7 Å². The summed E-state index contributed by atoms with van der Waals surface area (Å²) in [6.45, 7) is 2.87. The lowest BCUT2D eigenvalue weighted by Crippen LogP contribution is -2.64. The molecule has 2 aromatic rings. The monoisotopic (exact) mass is 428 g/mol. The number of methoxy groups -OCH3 is 1. The molecule has 1 unspecified atom stereocenters. The lowest BCUT2D eigenvalue weighted by Gasteiger charge is -2.32. The number of aliphatic hydroxyl groups is 1. The number of ether oxygens (including phenoxy) is 1. The van der Waals surface area contributed by atoms with Crippen molar-refractivity contribution < 1.29 is 18.7 Å². The summed E-state index contributed by atoms with van der Waals surface area (Å²) >= 11 is 0. The number of benzene rings is 2. The van der Waals surface area contributed by atoms with Gasteiger partial charge in [-0.3, -0.25) is 0 Å². The van der Waals surface area contributed by atoms with Crippen molar-refractivity contribution in [3.8, 4) is 0 Å². The normalized spacial score (nSPS) is 10.3. The first-order valence-electron chi connectivity index (χ1n) is 7.75. The molecule has 1 atom stereocenters. The molecule has 0 aliphatic carbocycles. The molecule has 0 spiro atoms. The lowest BCUT2D eigenvalue weighted by atomic mass is 10.4. The van der Waals surface area contributed by atoms with Crippen LogP contribution < -0.4 is 10.4 Å². The number of hydrogen-bond acceptors (Lipinski definition) is 4. The molecule has 4 nitrogen and oxygen atoms in total. The molecule has 0 aromatic heterocycles. The number of rotatable bonds is 9. The first-order chi connectivity index (χ1) is 11.2. The van der Waals surface area contributed by atoms with E-state index in [1.54, 1.807) is 14.0 Å². The zero-order chi connectivity index (χ0) is 16.5. The summed E-state index contributed by atoms with van der Waals surface area (Å²) in [7, 11) is -1.24. The number of hydrogen-bond donors (Lipinski definition) is 1. The van der Waals surface area contributed by atoms with Gasteiger partial charge in [0, 0.05) is 7.11 Å². The largest absolute Gasteiger partial charge is 0.407 e. The molecule has 29 heavy (non-hydrogen) atoms. The molecule has 0 saturated carbocycles. The fraction of sp³-hybridized carbons (Fsp3) is 0.500. The fourth-order valence-corrected chi connectivity index (χ4v) is 5.56. The van der Waals surface area contributed by atoms with Gasteiger partial charge in [0.1, 0.15) is 0 Å². The van der Waals surface area contributed by atoms with E-state index in [0.717, 1.165) is 10.4 Å². The third-order valence-electron chi connectivity index (χ3n) is 3.43. The predicted molar refractivity (Wildman–Crippen MR) is 134 cm³/mol. The molecule has 0 aliphatic rings. The molecule has 172 valence electrons. The quantitative estimate of drug-likeness (QED) is 0.445. The molecule has 1 N–H and O–H groups in total. The van der Waals surface area contributed by atoms with Gasteiger partial charge in [-0.15, -0.1) is 0 Å². The highest BCUT2D eigenvalue weighted by atomic mass is 28.4. The average molecular weight is 429 g/mol. The second-order valence-electron chi connectivity index (χ2n) is 5.35. The van der Waals surface area contributed by atoms with Crippen molar-refractivity contribution in [3.05, 3.63) is 60.7 Å². The maximum Gasteiger partial charge on any atom is 0.407 e. The smallest absolute Gasteiger partial charge is 0.391 e. The van der Waals surface area contributed by atoms with Gasteiger partial charge >= 0.3 is 8.56 Å². The van der Waals surface area contributed by atoms with Crippen LogP contribution in [0.2, 0.25) is 0 Å². The van der Waals surface area contributed by atoms with Gasteiger partial charge in [-0.05, 0) is 17.3 Å². The van der Waals surface area contributed by atoms with Crippen LogP contribution in [0.15, 0.2) is 60.7 Å². The third kappa shape index (κ3) is 10.7. The molecule has 0 saturated heterocycles. The summed E-state index contributed by atoms with van der Waals surface area (Å²) < 4.78 is 17.6. The Hall–Kier alpha value is -1.50. The fourth-order valence-electron chi connectivity index (χ4n) is 2.36. The standard InChI is InChI=1S/C18H24O4Si.6CH4/c1-16(19)15-22-23(21-14-13-20-2,17-9-5-3-6-10-17)18-11-7-4-8-12-18;;;;;;/h3-12,16,19H,13-15H2,1-2H3;6*1H4. The van der Waals surface area contributed by atoms with Gasteiger partial charge in [-0.2, -0.15) is 0 Å². The van der Waals surface area contributed by atoms with Gasteiger partial charge in [-0.25, -0.2) is 0 Å². The summed E-state index contributed by atoms with van der Waals surface area (Å²) in [6.07, 6.45) is -0.555. The van der Waals surface area contributed by atoms with Gasteiger partial charge in [0.15, 0.2) is 0 Å². The zero-order valence-electron chi connectivity index (χ0n) is 13.6. The van der Waals surface area contributed by atoms with Crippen molar-refractivity contribution >= 4 is 18.9 Å². The van der Waals surface area contributed by atoms with E-state index in [2.05, 4.69) is 0 Å². The van der Waals surface area contributed by atoms with Gasteiger partial charge in [-0.1, -0.05) is 105 Å². The summed E-state index contributed by atoms with van der Waals surface area (Å²) in [5.41, 5.74) is 0. The van der Waals surface area contributed by atoms with Gasteiger partial charge in [0.25, 0.3) is 0 Å². The Morgan fingerprint density at radius 2 is 1.14 bits per heavy atom. The van der Waals surface area contributed by atoms with Gasteiger partial charge in [0.2, 0.25) is 0 Å². The van der Waals surface area contributed by atoms with Crippen molar-refractivity contribution in [2.24, 2.45) is 0 Å². The Bertz CT molecular complexity index is 522. The van der Waals surface area contributed by atoms with E-state index in [1.807, 2.05) is 60.7 Å². The second-order valence-corrected chi connectivity index (χ2v) is 8.32. The second kappa shape index (κ2) is 19.8. The molecule has 2 aromatic carbocycles. The Labute approximate surface area is 183 Å². The molecule has 2 rings (SSSR count). The van der Waals surface area contributed by atoms with E-state index in [0.29, 0.717) is 13.2 Å². The highest BCUT2D eigenvalue weighted by molar-refractivity contribution is 6.92.